The number of nitrogens with zero attached hydrogens (tertiary/aromatic N) is 2. The summed E-state index contributed by atoms with van der Waals surface area (Å²) in [5.41, 5.74) is 0. The number of likely N-dealkylation sites (tertiary alicyclic amines) is 1. The number of carbonyl (C=O) groups excluding carboxylic acids is 1. The Hall–Kier alpha value is -1.30. The van der Waals surface area contributed by atoms with Gasteiger partial charge in [0.1, 0.15) is 0 Å². The van der Waals surface area contributed by atoms with Gasteiger partial charge in [0, 0.05) is 39.2 Å². The van der Waals surface area contributed by atoms with Crippen molar-refractivity contribution in [2.45, 2.75) is 45.1 Å². The summed E-state index contributed by atoms with van der Waals surface area (Å²) in [5, 5.41) is 8.82. The van der Waals surface area contributed by atoms with Crippen LogP contribution in [-0.4, -0.2) is 65.8 Å². The molecule has 2 aliphatic heterocycles. The molecule has 2 amide bonds. The van der Waals surface area contributed by atoms with Gasteiger partial charge in [-0.25, -0.2) is 4.79 Å². The van der Waals surface area contributed by atoms with Crippen LogP contribution in [0.1, 0.15) is 39.0 Å². The Kier molecular flexibility index (Phi) is 5.85. The van der Waals surface area contributed by atoms with Crippen LogP contribution in [-0.2, 0) is 9.53 Å². The van der Waals surface area contributed by atoms with Crippen molar-refractivity contribution in [2.75, 3.05) is 32.8 Å². The van der Waals surface area contributed by atoms with Gasteiger partial charge in [0.2, 0.25) is 0 Å². The van der Waals surface area contributed by atoms with Crippen molar-refractivity contribution in [1.82, 2.24) is 9.80 Å². The maximum Gasteiger partial charge on any atom is 0.320 e. The molecule has 2 heterocycles. The van der Waals surface area contributed by atoms with E-state index < -0.39 is 5.97 Å². The van der Waals surface area contributed by atoms with Gasteiger partial charge >= 0.3 is 12.0 Å². The number of hydrogen-bond acceptors (Lipinski definition) is 3. The van der Waals surface area contributed by atoms with Crippen LogP contribution >= 0.6 is 0 Å². The molecule has 0 aromatic rings. The van der Waals surface area contributed by atoms with E-state index in [1.54, 1.807) is 0 Å². The Labute approximate surface area is 126 Å². The smallest absolute Gasteiger partial charge is 0.320 e. The maximum atomic E-state index is 12.5. The van der Waals surface area contributed by atoms with Gasteiger partial charge in [0.15, 0.2) is 0 Å². The molecule has 0 saturated carbocycles. The van der Waals surface area contributed by atoms with E-state index in [2.05, 4.69) is 0 Å². The zero-order chi connectivity index (χ0) is 15.2. The predicted octanol–water partition coefficient (Wildman–Crippen LogP) is 1.79. The summed E-state index contributed by atoms with van der Waals surface area (Å²) < 4.78 is 5.61. The molecular formula is C15H26N2O4. The minimum atomic E-state index is -0.742. The number of carboxylic acids is 1. The summed E-state index contributed by atoms with van der Waals surface area (Å²) in [6, 6.07) is 0.0711. The largest absolute Gasteiger partial charge is 0.481 e. The number of ether oxygens (including phenoxy) is 1. The quantitative estimate of drug-likeness (QED) is 0.840. The Bertz CT molecular complexity index is 361. The lowest BCUT2D eigenvalue weighted by Gasteiger charge is -2.35. The van der Waals surface area contributed by atoms with Gasteiger partial charge in [-0.1, -0.05) is 0 Å². The van der Waals surface area contributed by atoms with Gasteiger partial charge in [-0.05, 0) is 38.5 Å². The highest BCUT2D eigenvalue weighted by Crippen LogP contribution is 2.22. The first-order valence-electron chi connectivity index (χ1n) is 7.97. The summed E-state index contributed by atoms with van der Waals surface area (Å²) in [7, 11) is 0. The summed E-state index contributed by atoms with van der Waals surface area (Å²) in [5.74, 6) is -0.534. The Morgan fingerprint density at radius 3 is 2.52 bits per heavy atom. The fourth-order valence-electron chi connectivity index (χ4n) is 3.15. The molecule has 0 aliphatic carbocycles. The van der Waals surface area contributed by atoms with Gasteiger partial charge < -0.3 is 19.6 Å². The number of hydrogen-bond donors (Lipinski definition) is 1. The van der Waals surface area contributed by atoms with Gasteiger partial charge in [0.25, 0.3) is 0 Å². The number of amides is 2. The highest BCUT2D eigenvalue weighted by Gasteiger charge is 2.28. The first kappa shape index (κ1) is 16.1. The summed E-state index contributed by atoms with van der Waals surface area (Å²) in [4.78, 5) is 27.0. The van der Waals surface area contributed by atoms with Crippen molar-refractivity contribution in [3.63, 3.8) is 0 Å². The minimum Gasteiger partial charge on any atom is -0.481 e. The molecule has 2 saturated heterocycles. The van der Waals surface area contributed by atoms with Crippen molar-refractivity contribution in [3.8, 4) is 0 Å². The van der Waals surface area contributed by atoms with Gasteiger partial charge in [0.05, 0.1) is 6.10 Å². The van der Waals surface area contributed by atoms with Crippen LogP contribution < -0.4 is 0 Å². The topological polar surface area (TPSA) is 70.1 Å². The first-order chi connectivity index (χ1) is 10.1. The van der Waals surface area contributed by atoms with Crippen molar-refractivity contribution in [2.24, 2.45) is 5.92 Å². The van der Waals surface area contributed by atoms with Crippen LogP contribution in [0, 0.1) is 5.92 Å². The van der Waals surface area contributed by atoms with Crippen LogP contribution in [0.5, 0.6) is 0 Å². The van der Waals surface area contributed by atoms with Gasteiger partial charge in [-0.15, -0.1) is 0 Å². The minimum absolute atomic E-state index is 0.0711. The highest BCUT2D eigenvalue weighted by atomic mass is 16.5. The van der Waals surface area contributed by atoms with E-state index >= 15 is 0 Å². The molecule has 0 radical (unpaired) electrons. The SMILES string of the molecule is CCN(CC1CCCO1)C(=O)N1CCC(CC(=O)O)CC1. The second-order valence-corrected chi connectivity index (χ2v) is 5.98. The molecule has 21 heavy (non-hydrogen) atoms. The van der Waals surface area contributed by atoms with Crippen LogP contribution in [0.3, 0.4) is 0 Å². The predicted molar refractivity (Wildman–Crippen MR) is 78.2 cm³/mol. The molecule has 6 nitrogen and oxygen atoms in total. The Morgan fingerprint density at radius 2 is 2.00 bits per heavy atom. The number of carboxylic acid groups (broad SMARTS) is 1. The lowest BCUT2D eigenvalue weighted by Crippen LogP contribution is -2.48. The van der Waals surface area contributed by atoms with Crippen molar-refractivity contribution < 1.29 is 19.4 Å². The lowest BCUT2D eigenvalue weighted by molar-refractivity contribution is -0.138. The molecule has 1 atom stereocenters. The first-order valence-corrected chi connectivity index (χ1v) is 7.97. The molecule has 6 heteroatoms. The Balaban J connectivity index is 1.80. The van der Waals surface area contributed by atoms with E-state index in [0.717, 1.165) is 32.3 Å². The number of carbonyl (C=O) groups is 2. The van der Waals surface area contributed by atoms with Crippen molar-refractivity contribution >= 4 is 12.0 Å². The van der Waals surface area contributed by atoms with Crippen molar-refractivity contribution in [3.05, 3.63) is 0 Å². The molecular weight excluding hydrogens is 272 g/mol. The zero-order valence-corrected chi connectivity index (χ0v) is 12.8. The summed E-state index contributed by atoms with van der Waals surface area (Å²) in [6.07, 6.45) is 4.08. The fraction of sp³-hybridized carbons (Fsp3) is 0.867. The molecule has 0 bridgehead atoms. The molecule has 120 valence electrons. The van der Waals surface area contributed by atoms with Crippen LogP contribution in [0.2, 0.25) is 0 Å². The monoisotopic (exact) mass is 298 g/mol. The van der Waals surface area contributed by atoms with E-state index in [-0.39, 0.29) is 24.5 Å². The third-order valence-electron chi connectivity index (χ3n) is 4.45. The molecule has 2 rings (SSSR count). The number of rotatable bonds is 5. The van der Waals surface area contributed by atoms with E-state index in [9.17, 15) is 9.59 Å². The second kappa shape index (κ2) is 7.64. The van der Waals surface area contributed by atoms with Crippen LogP contribution in [0.15, 0.2) is 0 Å². The van der Waals surface area contributed by atoms with E-state index in [1.165, 1.54) is 0 Å². The standard InChI is InChI=1S/C15H26N2O4/c1-2-16(11-13-4-3-9-21-13)15(20)17-7-5-12(6-8-17)10-14(18)19/h12-13H,2-11H2,1H3,(H,18,19). The summed E-state index contributed by atoms with van der Waals surface area (Å²) in [6.45, 7) is 5.48. The van der Waals surface area contributed by atoms with Crippen molar-refractivity contribution in [1.29, 1.82) is 0 Å². The van der Waals surface area contributed by atoms with E-state index in [4.69, 9.17) is 9.84 Å². The van der Waals surface area contributed by atoms with Gasteiger partial charge in [-0.3, -0.25) is 4.79 Å². The van der Waals surface area contributed by atoms with E-state index in [0.29, 0.717) is 26.2 Å². The zero-order valence-electron chi connectivity index (χ0n) is 12.8. The molecule has 0 aromatic carbocycles. The molecule has 1 N–H and O–H groups in total. The number of likely N-dealkylation sites (N-methyl/N-ethyl adjacent to an activating group) is 1. The molecule has 0 spiro atoms. The molecule has 0 aromatic heterocycles. The molecule has 2 aliphatic rings. The Morgan fingerprint density at radius 1 is 1.29 bits per heavy atom. The number of aliphatic carboxylic acids is 1. The van der Waals surface area contributed by atoms with Crippen LogP contribution in [0.25, 0.3) is 0 Å². The number of urea groups is 1. The average molecular weight is 298 g/mol. The maximum absolute atomic E-state index is 12.5. The van der Waals surface area contributed by atoms with Gasteiger partial charge in [-0.2, -0.15) is 0 Å². The molecule has 2 fully saturated rings. The third kappa shape index (κ3) is 4.59. The fourth-order valence-corrected chi connectivity index (χ4v) is 3.15. The highest BCUT2D eigenvalue weighted by molar-refractivity contribution is 5.74. The molecule has 1 unspecified atom stereocenters. The van der Waals surface area contributed by atoms with Crippen LogP contribution in [0.4, 0.5) is 4.79 Å². The summed E-state index contributed by atoms with van der Waals surface area (Å²) >= 11 is 0. The normalized spacial score (nSPS) is 23.3. The number of piperidine rings is 1. The second-order valence-electron chi connectivity index (χ2n) is 5.98. The third-order valence-corrected chi connectivity index (χ3v) is 4.45. The lowest BCUT2D eigenvalue weighted by atomic mass is 9.94. The average Bonchev–Trinajstić information content (AvgIpc) is 2.97. The van der Waals surface area contributed by atoms with E-state index in [1.807, 2.05) is 16.7 Å².